The van der Waals surface area contributed by atoms with Gasteiger partial charge in [-0.1, -0.05) is 6.07 Å². The lowest BCUT2D eigenvalue weighted by molar-refractivity contribution is 0.297. The third-order valence-corrected chi connectivity index (χ3v) is 4.81. The van der Waals surface area contributed by atoms with Crippen LogP contribution in [-0.2, 0) is 0 Å². The number of ether oxygens (including phenoxy) is 3. The van der Waals surface area contributed by atoms with Gasteiger partial charge in [0.15, 0.2) is 35.1 Å². The van der Waals surface area contributed by atoms with Crippen molar-refractivity contribution in [3.05, 3.63) is 35.9 Å². The maximum absolute atomic E-state index is 9.92. The minimum absolute atomic E-state index is 0.0590. The molecular weight excluding hydrogens is 362 g/mol. The first-order chi connectivity index (χ1) is 13.6. The highest BCUT2D eigenvalue weighted by atomic mass is 16.5. The zero-order chi connectivity index (χ0) is 19.3. The molecule has 3 aromatic rings. The molecule has 0 aliphatic carbocycles. The highest BCUT2D eigenvalue weighted by Gasteiger charge is 2.27. The number of benzene rings is 2. The van der Waals surface area contributed by atoms with E-state index in [-0.39, 0.29) is 11.7 Å². The number of aromatic hydroxyl groups is 1. The first kappa shape index (κ1) is 16.5. The van der Waals surface area contributed by atoms with Gasteiger partial charge >= 0.3 is 0 Å². The first-order valence-electron chi connectivity index (χ1n) is 8.93. The molecule has 9 nitrogen and oxygen atoms in total. The number of aliphatic imine (C=N–C) groups is 1. The molecule has 5 rings (SSSR count). The van der Waals surface area contributed by atoms with Crippen molar-refractivity contribution in [2.45, 2.75) is 12.6 Å². The SMILES string of the molecule is COc1cc(C2N=C(N)Nc3nc4cc5c(cc4n32)OCCCO5)ccc1O. The molecule has 0 fully saturated rings. The highest BCUT2D eigenvalue weighted by Crippen LogP contribution is 2.40. The number of anilines is 1. The first-order valence-corrected chi connectivity index (χ1v) is 8.93. The van der Waals surface area contributed by atoms with E-state index in [9.17, 15) is 5.11 Å². The second-order valence-electron chi connectivity index (χ2n) is 6.59. The van der Waals surface area contributed by atoms with Gasteiger partial charge in [-0.15, -0.1) is 0 Å². The number of hydrogen-bond acceptors (Lipinski definition) is 8. The third-order valence-electron chi connectivity index (χ3n) is 4.81. The Labute approximate surface area is 160 Å². The lowest BCUT2D eigenvalue weighted by atomic mass is 10.1. The number of phenolic OH excluding ortho intramolecular Hbond substituents is 1. The smallest absolute Gasteiger partial charge is 0.212 e. The third kappa shape index (κ3) is 2.55. The molecule has 9 heteroatoms. The molecule has 0 bridgehead atoms. The van der Waals surface area contributed by atoms with Crippen molar-refractivity contribution in [1.82, 2.24) is 9.55 Å². The highest BCUT2D eigenvalue weighted by molar-refractivity contribution is 5.95. The van der Waals surface area contributed by atoms with Crippen LogP contribution in [0.2, 0.25) is 0 Å². The molecule has 2 aliphatic heterocycles. The van der Waals surface area contributed by atoms with Crippen LogP contribution in [0, 0.1) is 0 Å². The lowest BCUT2D eigenvalue weighted by Gasteiger charge is -2.24. The number of phenols is 1. The molecule has 144 valence electrons. The van der Waals surface area contributed by atoms with E-state index in [1.165, 1.54) is 7.11 Å². The number of hydrogen-bond donors (Lipinski definition) is 3. The molecule has 0 spiro atoms. The largest absolute Gasteiger partial charge is 0.504 e. The Hall–Kier alpha value is -3.62. The van der Waals surface area contributed by atoms with Crippen molar-refractivity contribution in [3.8, 4) is 23.0 Å². The summed E-state index contributed by atoms with van der Waals surface area (Å²) in [5, 5.41) is 12.9. The van der Waals surface area contributed by atoms with Crippen LogP contribution in [0.5, 0.6) is 23.0 Å². The predicted molar refractivity (Wildman–Crippen MR) is 103 cm³/mol. The number of imidazole rings is 1. The average molecular weight is 381 g/mol. The van der Waals surface area contributed by atoms with Crippen molar-refractivity contribution in [2.24, 2.45) is 10.7 Å². The quantitative estimate of drug-likeness (QED) is 0.623. The van der Waals surface area contributed by atoms with Crippen LogP contribution < -0.4 is 25.3 Å². The average Bonchev–Trinajstić information content (AvgIpc) is 2.87. The zero-order valence-electron chi connectivity index (χ0n) is 15.2. The Morgan fingerprint density at radius 3 is 2.79 bits per heavy atom. The van der Waals surface area contributed by atoms with Gasteiger partial charge in [0.2, 0.25) is 5.95 Å². The van der Waals surface area contributed by atoms with Gasteiger partial charge in [-0.05, 0) is 12.1 Å². The number of rotatable bonds is 2. The Kier molecular flexibility index (Phi) is 3.68. The maximum atomic E-state index is 9.92. The molecule has 0 amide bonds. The van der Waals surface area contributed by atoms with Crippen molar-refractivity contribution < 1.29 is 19.3 Å². The van der Waals surface area contributed by atoms with Gasteiger partial charge < -0.3 is 25.1 Å². The molecular formula is C19H19N5O4. The number of nitrogens with one attached hydrogen (secondary N) is 1. The maximum Gasteiger partial charge on any atom is 0.212 e. The van der Waals surface area contributed by atoms with Gasteiger partial charge in [0.1, 0.15) is 0 Å². The number of aromatic nitrogens is 2. The number of nitrogens with two attached hydrogens (primary N) is 1. The van der Waals surface area contributed by atoms with E-state index in [4.69, 9.17) is 19.9 Å². The van der Waals surface area contributed by atoms with E-state index in [1.807, 2.05) is 16.7 Å². The van der Waals surface area contributed by atoms with Gasteiger partial charge in [0.25, 0.3) is 0 Å². The second-order valence-corrected chi connectivity index (χ2v) is 6.59. The minimum Gasteiger partial charge on any atom is -0.504 e. The number of methoxy groups -OCH3 is 1. The fraction of sp³-hybridized carbons (Fsp3) is 0.263. The standard InChI is InChI=1S/C19H19N5O4/c1-26-14-7-10(3-4-13(14)25)17-22-18(20)23-19-21-11-8-15-16(9-12(11)24(17)19)28-6-2-5-27-15/h3-4,7-9,17,25H,2,5-6H2,1H3,(H3,20,21,22,23). The Morgan fingerprint density at radius 2 is 2.00 bits per heavy atom. The van der Waals surface area contributed by atoms with E-state index < -0.39 is 6.17 Å². The second kappa shape index (κ2) is 6.22. The van der Waals surface area contributed by atoms with Crippen molar-refractivity contribution in [2.75, 3.05) is 25.6 Å². The molecule has 0 saturated carbocycles. The van der Waals surface area contributed by atoms with Gasteiger partial charge in [-0.3, -0.25) is 9.88 Å². The number of fused-ring (bicyclic) bond motifs is 4. The van der Waals surface area contributed by atoms with Crippen molar-refractivity contribution >= 4 is 22.9 Å². The summed E-state index contributed by atoms with van der Waals surface area (Å²) >= 11 is 0. The summed E-state index contributed by atoms with van der Waals surface area (Å²) in [6, 6.07) is 8.87. The van der Waals surface area contributed by atoms with Crippen LogP contribution in [-0.4, -0.2) is 40.9 Å². The molecule has 2 aromatic carbocycles. The van der Waals surface area contributed by atoms with E-state index >= 15 is 0 Å². The van der Waals surface area contributed by atoms with E-state index in [1.54, 1.807) is 18.2 Å². The van der Waals surface area contributed by atoms with Gasteiger partial charge in [0.05, 0.1) is 31.4 Å². The van der Waals surface area contributed by atoms with E-state index in [2.05, 4.69) is 15.3 Å². The Balaban J connectivity index is 1.70. The molecule has 28 heavy (non-hydrogen) atoms. The van der Waals surface area contributed by atoms with Crippen LogP contribution in [0.15, 0.2) is 35.3 Å². The normalized spacial score (nSPS) is 18.0. The summed E-state index contributed by atoms with van der Waals surface area (Å²) < 4.78 is 18.8. The summed E-state index contributed by atoms with van der Waals surface area (Å²) in [6.07, 6.45) is 0.357. The molecule has 2 aliphatic rings. The van der Waals surface area contributed by atoms with Crippen molar-refractivity contribution in [1.29, 1.82) is 0 Å². The van der Waals surface area contributed by atoms with Crippen LogP contribution in [0.1, 0.15) is 18.2 Å². The van der Waals surface area contributed by atoms with E-state index in [0.29, 0.717) is 36.4 Å². The minimum atomic E-state index is -0.472. The van der Waals surface area contributed by atoms with Crippen LogP contribution in [0.3, 0.4) is 0 Å². The summed E-state index contributed by atoms with van der Waals surface area (Å²) in [5.41, 5.74) is 8.37. The molecule has 1 aromatic heterocycles. The summed E-state index contributed by atoms with van der Waals surface area (Å²) in [6.45, 7) is 1.21. The van der Waals surface area contributed by atoms with Crippen LogP contribution in [0.25, 0.3) is 11.0 Å². The molecule has 0 saturated heterocycles. The van der Waals surface area contributed by atoms with Gasteiger partial charge in [-0.2, -0.15) is 0 Å². The van der Waals surface area contributed by atoms with Crippen LogP contribution >= 0.6 is 0 Å². The molecule has 4 N–H and O–H groups in total. The summed E-state index contributed by atoms with van der Waals surface area (Å²) in [5.74, 6) is 2.60. The molecule has 1 unspecified atom stereocenters. The lowest BCUT2D eigenvalue weighted by Crippen LogP contribution is -2.31. The number of guanidine groups is 1. The number of nitrogens with zero attached hydrogens (tertiary/aromatic N) is 3. The zero-order valence-corrected chi connectivity index (χ0v) is 15.2. The van der Waals surface area contributed by atoms with E-state index in [0.717, 1.165) is 23.0 Å². The molecule has 3 heterocycles. The molecule has 1 atom stereocenters. The Bertz CT molecular complexity index is 1110. The van der Waals surface area contributed by atoms with Gasteiger partial charge in [-0.25, -0.2) is 9.98 Å². The summed E-state index contributed by atoms with van der Waals surface area (Å²) in [4.78, 5) is 9.20. The monoisotopic (exact) mass is 381 g/mol. The van der Waals surface area contributed by atoms with Crippen LogP contribution in [0.4, 0.5) is 5.95 Å². The Morgan fingerprint density at radius 1 is 1.21 bits per heavy atom. The fourth-order valence-electron chi connectivity index (χ4n) is 3.50. The van der Waals surface area contributed by atoms with Crippen molar-refractivity contribution in [3.63, 3.8) is 0 Å². The predicted octanol–water partition coefficient (Wildman–Crippen LogP) is 2.20. The fourth-order valence-corrected chi connectivity index (χ4v) is 3.50. The van der Waals surface area contributed by atoms with Gasteiger partial charge in [0, 0.05) is 24.1 Å². The molecule has 0 radical (unpaired) electrons. The summed E-state index contributed by atoms with van der Waals surface area (Å²) in [7, 11) is 1.50. The topological polar surface area (TPSA) is 116 Å².